The molecule has 3 nitrogen and oxygen atoms in total. The molecule has 98 valence electrons. The molecule has 0 aromatic heterocycles. The number of amides is 1. The summed E-state index contributed by atoms with van der Waals surface area (Å²) in [5.74, 6) is 0.0777. The highest BCUT2D eigenvalue weighted by Gasteiger charge is 2.26. The zero-order valence-electron chi connectivity index (χ0n) is 10.5. The molecule has 1 amide bonds. The SMILES string of the molecule is CC1CN(C)CCN1C(=O)c1ccc(I)c(Cl)c1. The molecule has 5 heteroatoms. The van der Waals surface area contributed by atoms with Gasteiger partial charge in [-0.05, 0) is 54.8 Å². The van der Waals surface area contributed by atoms with Crippen LogP contribution in [0.15, 0.2) is 18.2 Å². The number of nitrogens with zero attached hydrogens (tertiary/aromatic N) is 2. The quantitative estimate of drug-likeness (QED) is 0.702. The summed E-state index contributed by atoms with van der Waals surface area (Å²) in [5.41, 5.74) is 0.678. The van der Waals surface area contributed by atoms with E-state index in [4.69, 9.17) is 11.6 Å². The van der Waals surface area contributed by atoms with Crippen molar-refractivity contribution in [2.45, 2.75) is 13.0 Å². The molecule has 1 aliphatic rings. The number of rotatable bonds is 1. The Kier molecular flexibility index (Phi) is 4.50. The molecule has 0 spiro atoms. The van der Waals surface area contributed by atoms with E-state index in [1.807, 2.05) is 17.0 Å². The van der Waals surface area contributed by atoms with Gasteiger partial charge in [-0.3, -0.25) is 4.79 Å². The lowest BCUT2D eigenvalue weighted by Gasteiger charge is -2.38. The third kappa shape index (κ3) is 2.97. The molecule has 1 heterocycles. The second kappa shape index (κ2) is 5.75. The molecular formula is C13H16ClIN2O. The standard InChI is InChI=1S/C13H16ClIN2O/c1-9-8-16(2)5-6-17(9)13(18)10-3-4-12(15)11(14)7-10/h3-4,7,9H,5-6,8H2,1-2H3. The summed E-state index contributed by atoms with van der Waals surface area (Å²) >= 11 is 8.23. The fourth-order valence-corrected chi connectivity index (χ4v) is 2.75. The highest BCUT2D eigenvalue weighted by molar-refractivity contribution is 14.1. The van der Waals surface area contributed by atoms with Crippen LogP contribution in [0.25, 0.3) is 0 Å². The van der Waals surface area contributed by atoms with Crippen LogP contribution in [0.4, 0.5) is 0 Å². The van der Waals surface area contributed by atoms with Crippen molar-refractivity contribution in [2.24, 2.45) is 0 Å². The van der Waals surface area contributed by atoms with Crippen LogP contribution >= 0.6 is 34.2 Å². The van der Waals surface area contributed by atoms with Gasteiger partial charge in [0.1, 0.15) is 0 Å². The van der Waals surface area contributed by atoms with Crippen molar-refractivity contribution in [1.29, 1.82) is 0 Å². The monoisotopic (exact) mass is 378 g/mol. The summed E-state index contributed by atoms with van der Waals surface area (Å²) in [4.78, 5) is 16.6. The first-order valence-electron chi connectivity index (χ1n) is 5.93. The van der Waals surface area contributed by atoms with Gasteiger partial charge in [0.25, 0.3) is 5.91 Å². The second-order valence-electron chi connectivity index (χ2n) is 4.74. The van der Waals surface area contributed by atoms with Gasteiger partial charge in [0.15, 0.2) is 0 Å². The molecule has 0 radical (unpaired) electrons. The van der Waals surface area contributed by atoms with Crippen LogP contribution < -0.4 is 0 Å². The molecule has 1 fully saturated rings. The Morgan fingerprint density at radius 3 is 2.78 bits per heavy atom. The smallest absolute Gasteiger partial charge is 0.254 e. The highest BCUT2D eigenvalue weighted by Crippen LogP contribution is 2.21. The minimum Gasteiger partial charge on any atom is -0.333 e. The van der Waals surface area contributed by atoms with E-state index >= 15 is 0 Å². The minimum atomic E-state index is 0.0777. The van der Waals surface area contributed by atoms with E-state index in [1.54, 1.807) is 6.07 Å². The van der Waals surface area contributed by atoms with Crippen molar-refractivity contribution < 1.29 is 4.79 Å². The van der Waals surface area contributed by atoms with Crippen LogP contribution in [0.5, 0.6) is 0 Å². The Hall–Kier alpha value is -0.330. The van der Waals surface area contributed by atoms with Gasteiger partial charge in [0, 0.05) is 34.8 Å². The second-order valence-corrected chi connectivity index (χ2v) is 6.31. The summed E-state index contributed by atoms with van der Waals surface area (Å²) in [6.07, 6.45) is 0. The van der Waals surface area contributed by atoms with Crippen LogP contribution in [0.1, 0.15) is 17.3 Å². The average molecular weight is 379 g/mol. The molecule has 0 aliphatic carbocycles. The van der Waals surface area contributed by atoms with Gasteiger partial charge in [0.05, 0.1) is 5.02 Å². The van der Waals surface area contributed by atoms with Gasteiger partial charge in [-0.25, -0.2) is 0 Å². The number of hydrogen-bond donors (Lipinski definition) is 0. The lowest BCUT2D eigenvalue weighted by molar-refractivity contribution is 0.0533. The maximum absolute atomic E-state index is 12.4. The Labute approximate surface area is 126 Å². The van der Waals surface area contributed by atoms with Gasteiger partial charge in [-0.2, -0.15) is 0 Å². The van der Waals surface area contributed by atoms with Gasteiger partial charge in [0.2, 0.25) is 0 Å². The third-order valence-electron chi connectivity index (χ3n) is 3.26. The average Bonchev–Trinajstić information content (AvgIpc) is 2.32. The summed E-state index contributed by atoms with van der Waals surface area (Å²) < 4.78 is 0.970. The molecule has 0 N–H and O–H groups in total. The van der Waals surface area contributed by atoms with E-state index in [9.17, 15) is 4.79 Å². The molecule has 1 aromatic rings. The van der Waals surface area contributed by atoms with Gasteiger partial charge >= 0.3 is 0 Å². The molecule has 0 saturated carbocycles. The largest absolute Gasteiger partial charge is 0.333 e. The Morgan fingerprint density at radius 1 is 1.44 bits per heavy atom. The van der Waals surface area contributed by atoms with Crippen molar-refractivity contribution in [3.63, 3.8) is 0 Å². The summed E-state index contributed by atoms with van der Waals surface area (Å²) in [6.45, 7) is 4.71. The van der Waals surface area contributed by atoms with E-state index in [1.165, 1.54) is 0 Å². The van der Waals surface area contributed by atoms with Crippen LogP contribution in [0, 0.1) is 3.57 Å². The molecule has 1 aliphatic heterocycles. The zero-order chi connectivity index (χ0) is 13.3. The normalized spacial score (nSPS) is 21.1. The van der Waals surface area contributed by atoms with Crippen LogP contribution in [-0.2, 0) is 0 Å². The van der Waals surface area contributed by atoms with Crippen molar-refractivity contribution in [2.75, 3.05) is 26.7 Å². The van der Waals surface area contributed by atoms with Crippen molar-refractivity contribution in [1.82, 2.24) is 9.80 Å². The van der Waals surface area contributed by atoms with E-state index in [2.05, 4.69) is 41.5 Å². The van der Waals surface area contributed by atoms with Gasteiger partial charge in [-0.15, -0.1) is 0 Å². The lowest BCUT2D eigenvalue weighted by Crippen LogP contribution is -2.52. The first kappa shape index (κ1) is 14.1. The highest BCUT2D eigenvalue weighted by atomic mass is 127. The first-order valence-corrected chi connectivity index (χ1v) is 7.39. The van der Waals surface area contributed by atoms with Crippen LogP contribution in [-0.4, -0.2) is 48.4 Å². The lowest BCUT2D eigenvalue weighted by atomic mass is 10.1. The number of piperazine rings is 1. The number of benzene rings is 1. The molecule has 1 aromatic carbocycles. The van der Waals surface area contributed by atoms with E-state index in [0.717, 1.165) is 23.2 Å². The van der Waals surface area contributed by atoms with E-state index in [-0.39, 0.29) is 11.9 Å². The predicted molar refractivity (Wildman–Crippen MR) is 82.2 cm³/mol. The number of carbonyl (C=O) groups is 1. The fourth-order valence-electron chi connectivity index (χ4n) is 2.24. The van der Waals surface area contributed by atoms with Crippen molar-refractivity contribution in [3.05, 3.63) is 32.4 Å². The van der Waals surface area contributed by atoms with Crippen LogP contribution in [0.2, 0.25) is 5.02 Å². The van der Waals surface area contributed by atoms with E-state index in [0.29, 0.717) is 10.6 Å². The Balaban J connectivity index is 2.18. The van der Waals surface area contributed by atoms with E-state index < -0.39 is 0 Å². The van der Waals surface area contributed by atoms with Crippen molar-refractivity contribution >= 4 is 40.1 Å². The maximum atomic E-state index is 12.4. The summed E-state index contributed by atoms with van der Waals surface area (Å²) in [6, 6.07) is 5.74. The Bertz CT molecular complexity index is 466. The van der Waals surface area contributed by atoms with Crippen LogP contribution in [0.3, 0.4) is 0 Å². The molecular weight excluding hydrogens is 363 g/mol. The zero-order valence-corrected chi connectivity index (χ0v) is 13.4. The topological polar surface area (TPSA) is 23.6 Å². The van der Waals surface area contributed by atoms with Crippen molar-refractivity contribution in [3.8, 4) is 0 Å². The predicted octanol–water partition coefficient (Wildman–Crippen LogP) is 2.72. The minimum absolute atomic E-state index is 0.0777. The molecule has 1 saturated heterocycles. The summed E-state index contributed by atoms with van der Waals surface area (Å²) in [5, 5.41) is 0.642. The molecule has 1 atom stereocenters. The third-order valence-corrected chi connectivity index (χ3v) is 4.83. The van der Waals surface area contributed by atoms with Gasteiger partial charge in [-0.1, -0.05) is 11.6 Å². The number of hydrogen-bond acceptors (Lipinski definition) is 2. The Morgan fingerprint density at radius 2 is 2.17 bits per heavy atom. The molecule has 0 bridgehead atoms. The number of likely N-dealkylation sites (N-methyl/N-ethyl adjacent to an activating group) is 1. The number of halogens is 2. The van der Waals surface area contributed by atoms with Gasteiger partial charge < -0.3 is 9.80 Å². The maximum Gasteiger partial charge on any atom is 0.254 e. The number of carbonyl (C=O) groups excluding carboxylic acids is 1. The fraction of sp³-hybridized carbons (Fsp3) is 0.462. The first-order chi connectivity index (χ1) is 8.49. The molecule has 2 rings (SSSR count). The molecule has 1 unspecified atom stereocenters. The summed E-state index contributed by atoms with van der Waals surface area (Å²) in [7, 11) is 2.08. The molecule has 18 heavy (non-hydrogen) atoms.